The molecule has 4 heterocycles. The monoisotopic (exact) mass is 956 g/mol. The van der Waals surface area contributed by atoms with Gasteiger partial charge in [0, 0.05) is 24.8 Å². The van der Waals surface area contributed by atoms with Crippen LogP contribution in [0, 0.1) is 17.8 Å². The van der Waals surface area contributed by atoms with Crippen LogP contribution in [0.2, 0.25) is 0 Å². The molecule has 0 spiro atoms. The first kappa shape index (κ1) is 52.2. The van der Waals surface area contributed by atoms with Gasteiger partial charge in [0.05, 0.1) is 68.1 Å². The third-order valence-corrected chi connectivity index (χ3v) is 14.5. The van der Waals surface area contributed by atoms with E-state index < -0.39 is 185 Å². The number of hydrogen-bond donors (Lipinski definition) is 15. The van der Waals surface area contributed by atoms with Crippen molar-refractivity contribution >= 4 is 5.97 Å². The van der Waals surface area contributed by atoms with Gasteiger partial charge >= 0.3 is 5.97 Å². The van der Waals surface area contributed by atoms with Gasteiger partial charge in [-0.3, -0.25) is 0 Å². The summed E-state index contributed by atoms with van der Waals surface area (Å²) in [5, 5.41) is 157. The van der Waals surface area contributed by atoms with Crippen LogP contribution in [-0.4, -0.2) is 249 Å². The Balaban J connectivity index is 1.03. The first-order chi connectivity index (χ1) is 31.4. The summed E-state index contributed by atoms with van der Waals surface area (Å²) in [5.74, 6) is -2.18. The van der Waals surface area contributed by atoms with Crippen LogP contribution >= 0.6 is 0 Å². The summed E-state index contributed by atoms with van der Waals surface area (Å²) >= 11 is 0. The predicted octanol–water partition coefficient (Wildman–Crippen LogP) is -6.74. The summed E-state index contributed by atoms with van der Waals surface area (Å²) in [6, 6.07) is 0. The third-order valence-electron chi connectivity index (χ3n) is 14.5. The Morgan fingerprint density at radius 1 is 0.500 bits per heavy atom. The minimum Gasteiger partial charge on any atom is -0.460 e. The molecule has 0 aromatic carbocycles. The zero-order valence-electron chi connectivity index (χ0n) is 36.1. The van der Waals surface area contributed by atoms with Gasteiger partial charge in [0.2, 0.25) is 0 Å². The van der Waals surface area contributed by atoms with E-state index in [2.05, 4.69) is 0 Å². The van der Waals surface area contributed by atoms with Gasteiger partial charge in [-0.15, -0.1) is 0 Å². The van der Waals surface area contributed by atoms with Gasteiger partial charge in [-0.05, 0) is 56.8 Å². The zero-order chi connectivity index (χ0) is 47.7. The number of aliphatic hydroxyl groups is 15. The molecule has 380 valence electrons. The lowest BCUT2D eigenvalue weighted by Crippen LogP contribution is -2.63. The van der Waals surface area contributed by atoms with Crippen LogP contribution in [0.25, 0.3) is 0 Å². The van der Waals surface area contributed by atoms with E-state index >= 15 is 0 Å². The van der Waals surface area contributed by atoms with Gasteiger partial charge in [0.15, 0.2) is 18.9 Å². The topological polar surface area (TPSA) is 394 Å². The Labute approximate surface area is 379 Å². The summed E-state index contributed by atoms with van der Waals surface area (Å²) in [6.07, 6.45) is -28.6. The third kappa shape index (κ3) is 11.6. The second-order valence-electron chi connectivity index (χ2n) is 18.9. The smallest absolute Gasteiger partial charge is 0.330 e. The largest absolute Gasteiger partial charge is 0.460 e. The maximum Gasteiger partial charge on any atom is 0.330 e. The molecule has 3 saturated carbocycles. The van der Waals surface area contributed by atoms with Crippen molar-refractivity contribution in [1.82, 2.24) is 0 Å². The van der Waals surface area contributed by atoms with E-state index in [-0.39, 0.29) is 44.4 Å². The summed E-state index contributed by atoms with van der Waals surface area (Å²) in [7, 11) is 0. The van der Waals surface area contributed by atoms with E-state index in [9.17, 15) is 81.4 Å². The van der Waals surface area contributed by atoms with Crippen molar-refractivity contribution in [2.75, 3.05) is 19.8 Å². The van der Waals surface area contributed by atoms with Crippen molar-refractivity contribution in [2.24, 2.45) is 17.8 Å². The molecule has 0 amide bonds. The summed E-state index contributed by atoms with van der Waals surface area (Å²) in [5.41, 5.74) is 0. The Hall–Kier alpha value is -1.67. The molecule has 0 bridgehead atoms. The number of allylic oxidation sites excluding steroid dienone is 1. The van der Waals surface area contributed by atoms with Crippen LogP contribution in [-0.2, 0) is 42.7 Å². The molecule has 4 saturated heterocycles. The number of ether oxygens (including phenoxy) is 8. The molecule has 0 radical (unpaired) electrons. The summed E-state index contributed by atoms with van der Waals surface area (Å²) < 4.78 is 47.4. The fourth-order valence-electron chi connectivity index (χ4n) is 10.5. The number of hydrogen-bond acceptors (Lipinski definition) is 24. The Morgan fingerprint density at radius 3 is 1.64 bits per heavy atom. The van der Waals surface area contributed by atoms with E-state index in [1.165, 1.54) is 0 Å². The van der Waals surface area contributed by atoms with Crippen molar-refractivity contribution in [3.8, 4) is 0 Å². The Morgan fingerprint density at radius 2 is 1.05 bits per heavy atom. The fraction of sp³-hybridized carbons (Fsp3) is 0.929. The highest BCUT2D eigenvalue weighted by Crippen LogP contribution is 2.45. The van der Waals surface area contributed by atoms with Gasteiger partial charge in [-0.1, -0.05) is 6.08 Å². The van der Waals surface area contributed by atoms with E-state index in [0.29, 0.717) is 19.3 Å². The molecule has 24 heteroatoms. The standard InChI is InChI=1S/C42H68O24/c43-12-26-30(50)33(53)37(57)41(64-26)62-24-8-16(3-5-20(24)46)39-25(63-42-38(58)34(54)31(51)27(13-44)65-42)11-18-21(47)9-17(10-23(18)61-39)60-40-36(56)35(55)32(52)28(66-40)14-59-29(49)6-2-15-1-4-19(45)22(48)7-15/h2,6,15-28,30-48,50-58H,1,3-5,7-14H2/t15?,16?,17?,18?,19?,20?,21?,22?,23?,24?,25?,26-,27-,28-,30-,31-,32-,33+,34+,35+,36-,37-,38-,39?,40-,41-,42-/m1/s1. The molecule has 4 aliphatic heterocycles. The van der Waals surface area contributed by atoms with Crippen LogP contribution in [0.1, 0.15) is 57.8 Å². The highest BCUT2D eigenvalue weighted by molar-refractivity contribution is 5.81. The molecular weight excluding hydrogens is 888 g/mol. The lowest BCUT2D eigenvalue weighted by molar-refractivity contribution is -0.341. The van der Waals surface area contributed by atoms with Gasteiger partial charge in [-0.2, -0.15) is 0 Å². The molecule has 15 N–H and O–H groups in total. The van der Waals surface area contributed by atoms with Crippen LogP contribution in [0.3, 0.4) is 0 Å². The first-order valence-electron chi connectivity index (χ1n) is 22.9. The molecule has 27 atom stereocenters. The molecule has 7 fully saturated rings. The minimum absolute atomic E-state index is 0.0210. The Bertz CT molecular complexity index is 1580. The summed E-state index contributed by atoms with van der Waals surface area (Å²) in [4.78, 5) is 12.6. The second kappa shape index (κ2) is 22.6. The maximum atomic E-state index is 12.6. The second-order valence-corrected chi connectivity index (χ2v) is 18.9. The summed E-state index contributed by atoms with van der Waals surface area (Å²) in [6.45, 7) is -1.98. The van der Waals surface area contributed by atoms with Gasteiger partial charge in [0.25, 0.3) is 0 Å². The van der Waals surface area contributed by atoms with Crippen LogP contribution in [0.15, 0.2) is 12.2 Å². The van der Waals surface area contributed by atoms with Crippen LogP contribution < -0.4 is 0 Å². The maximum absolute atomic E-state index is 12.6. The van der Waals surface area contributed by atoms with Crippen molar-refractivity contribution in [3.63, 3.8) is 0 Å². The average Bonchev–Trinajstić information content (AvgIpc) is 3.30. The molecule has 66 heavy (non-hydrogen) atoms. The van der Waals surface area contributed by atoms with Gasteiger partial charge in [0.1, 0.15) is 79.9 Å². The van der Waals surface area contributed by atoms with Crippen molar-refractivity contribution in [2.45, 2.75) is 205 Å². The number of carbonyl (C=O) groups excluding carboxylic acids is 1. The molecule has 7 rings (SSSR count). The molecule has 0 aromatic rings. The number of rotatable bonds is 13. The van der Waals surface area contributed by atoms with E-state index in [0.717, 1.165) is 6.08 Å². The van der Waals surface area contributed by atoms with Crippen LogP contribution in [0.5, 0.6) is 0 Å². The Kier molecular flexibility index (Phi) is 17.9. The molecule has 3 aliphatic carbocycles. The highest BCUT2D eigenvalue weighted by atomic mass is 16.7. The lowest BCUT2D eigenvalue weighted by Gasteiger charge is -2.52. The van der Waals surface area contributed by atoms with E-state index in [1.807, 2.05) is 0 Å². The van der Waals surface area contributed by atoms with Crippen LogP contribution in [0.4, 0.5) is 0 Å². The molecular formula is C42H68O24. The molecule has 12 unspecified atom stereocenters. The minimum atomic E-state index is -1.80. The van der Waals surface area contributed by atoms with E-state index in [4.69, 9.17) is 37.9 Å². The highest BCUT2D eigenvalue weighted by Gasteiger charge is 2.54. The number of carbonyl (C=O) groups is 1. The number of esters is 1. The molecule has 0 aromatic heterocycles. The van der Waals surface area contributed by atoms with Crippen molar-refractivity contribution in [1.29, 1.82) is 0 Å². The lowest BCUT2D eigenvalue weighted by atomic mass is 9.72. The molecule has 24 nitrogen and oxygen atoms in total. The van der Waals surface area contributed by atoms with Gasteiger partial charge in [-0.25, -0.2) is 4.79 Å². The first-order valence-corrected chi connectivity index (χ1v) is 22.9. The quantitative estimate of drug-likeness (QED) is 0.0603. The number of fused-ring (bicyclic) bond motifs is 1. The van der Waals surface area contributed by atoms with Crippen molar-refractivity contribution in [3.05, 3.63) is 12.2 Å². The average molecular weight is 957 g/mol. The van der Waals surface area contributed by atoms with Crippen molar-refractivity contribution < 1.29 is 119 Å². The SMILES string of the molecule is O=C(C=CC1CCC(O)C(O)C1)OC[C@H]1O[C@@H](OC2CC(O)C3CC(O[C@@H]4O[C@H](CO)[C@@H](O)[C@H](O)[C@H]4O)C(C4CCC(O)C(O[C@@H]5O[C@H](CO)[C@@H](O)[C@H](O)[C@H]5O)C4)OC3C2)[C@H](O)[C@@H](O)[C@@H]1O. The number of aliphatic hydroxyl groups excluding tert-OH is 15. The van der Waals surface area contributed by atoms with Gasteiger partial charge < -0.3 is 114 Å². The fourth-order valence-corrected chi connectivity index (χ4v) is 10.5. The normalized spacial score (nSPS) is 51.6. The zero-order valence-corrected chi connectivity index (χ0v) is 36.1. The molecule has 7 aliphatic rings. The predicted molar refractivity (Wildman–Crippen MR) is 214 cm³/mol. The van der Waals surface area contributed by atoms with E-state index in [1.54, 1.807) is 6.08 Å².